The molecule has 0 aromatic carbocycles. The van der Waals surface area contributed by atoms with Crippen LogP contribution in [-0.4, -0.2) is 62.6 Å². The molecule has 0 unspecified atom stereocenters. The van der Waals surface area contributed by atoms with Crippen LogP contribution in [0.25, 0.3) is 0 Å². The fourth-order valence-electron chi connectivity index (χ4n) is 1.78. The molecule has 0 saturated heterocycles. The standard InChI is InChI=1S/C13H28N6S/c1-6-18(7-2)10-11-20-12-15-16-17-19(12)9-8-14-13(3,4)5/h14H,6-11H2,1-5H3. The summed E-state index contributed by atoms with van der Waals surface area (Å²) >= 11 is 1.73. The van der Waals surface area contributed by atoms with E-state index in [9.17, 15) is 0 Å². The number of thioether (sulfide) groups is 1. The van der Waals surface area contributed by atoms with E-state index in [4.69, 9.17) is 0 Å². The van der Waals surface area contributed by atoms with Crippen LogP contribution in [0, 0.1) is 0 Å². The van der Waals surface area contributed by atoms with Gasteiger partial charge in [-0.15, -0.1) is 5.10 Å². The van der Waals surface area contributed by atoms with Crippen molar-refractivity contribution in [2.45, 2.75) is 51.9 Å². The van der Waals surface area contributed by atoms with Gasteiger partial charge in [0.1, 0.15) is 0 Å². The minimum Gasteiger partial charge on any atom is -0.310 e. The van der Waals surface area contributed by atoms with Gasteiger partial charge in [0.25, 0.3) is 0 Å². The summed E-state index contributed by atoms with van der Waals surface area (Å²) in [4.78, 5) is 2.41. The van der Waals surface area contributed by atoms with Crippen LogP contribution < -0.4 is 5.32 Å². The Balaban J connectivity index is 2.35. The molecular formula is C13H28N6S. The van der Waals surface area contributed by atoms with Crippen molar-refractivity contribution in [3.05, 3.63) is 0 Å². The number of nitrogens with one attached hydrogen (secondary N) is 1. The molecule has 0 amide bonds. The number of hydrogen-bond donors (Lipinski definition) is 1. The molecule has 1 aromatic heterocycles. The normalized spacial score (nSPS) is 12.3. The van der Waals surface area contributed by atoms with Crippen molar-refractivity contribution in [2.75, 3.05) is 31.9 Å². The molecule has 0 saturated carbocycles. The summed E-state index contributed by atoms with van der Waals surface area (Å²) < 4.78 is 1.88. The van der Waals surface area contributed by atoms with Crippen molar-refractivity contribution >= 4 is 11.8 Å². The maximum absolute atomic E-state index is 4.10. The van der Waals surface area contributed by atoms with Crippen LogP contribution >= 0.6 is 11.8 Å². The molecule has 7 heteroatoms. The molecule has 0 aliphatic rings. The predicted molar refractivity (Wildman–Crippen MR) is 84.1 cm³/mol. The molecule has 6 nitrogen and oxygen atoms in total. The van der Waals surface area contributed by atoms with Crippen molar-refractivity contribution in [2.24, 2.45) is 0 Å². The van der Waals surface area contributed by atoms with Crippen LogP contribution in [0.4, 0.5) is 0 Å². The number of aromatic nitrogens is 4. The third-order valence-electron chi connectivity index (χ3n) is 3.01. The van der Waals surface area contributed by atoms with Gasteiger partial charge in [0.05, 0.1) is 6.54 Å². The molecule has 0 fully saturated rings. The minimum absolute atomic E-state index is 0.129. The zero-order valence-electron chi connectivity index (χ0n) is 13.4. The van der Waals surface area contributed by atoms with E-state index in [1.807, 2.05) is 4.68 Å². The molecule has 20 heavy (non-hydrogen) atoms. The minimum atomic E-state index is 0.129. The van der Waals surface area contributed by atoms with Gasteiger partial charge in [-0.25, -0.2) is 4.68 Å². The van der Waals surface area contributed by atoms with E-state index in [0.29, 0.717) is 0 Å². The van der Waals surface area contributed by atoms with Gasteiger partial charge >= 0.3 is 0 Å². The Morgan fingerprint density at radius 3 is 2.55 bits per heavy atom. The maximum Gasteiger partial charge on any atom is 0.209 e. The molecule has 116 valence electrons. The first-order valence-corrected chi connectivity index (χ1v) is 8.31. The zero-order valence-corrected chi connectivity index (χ0v) is 14.2. The van der Waals surface area contributed by atoms with Gasteiger partial charge in [0.15, 0.2) is 0 Å². The van der Waals surface area contributed by atoms with E-state index < -0.39 is 0 Å². The Bertz CT molecular complexity index is 369. The summed E-state index contributed by atoms with van der Waals surface area (Å²) in [5.41, 5.74) is 0.129. The quantitative estimate of drug-likeness (QED) is 0.697. The van der Waals surface area contributed by atoms with Gasteiger partial charge in [-0.05, 0) is 44.3 Å². The molecule has 0 aliphatic carbocycles. The highest BCUT2D eigenvalue weighted by molar-refractivity contribution is 7.99. The van der Waals surface area contributed by atoms with Crippen molar-refractivity contribution in [1.29, 1.82) is 0 Å². The molecule has 0 atom stereocenters. The van der Waals surface area contributed by atoms with Gasteiger partial charge in [0.2, 0.25) is 5.16 Å². The van der Waals surface area contributed by atoms with Crippen LogP contribution in [0.3, 0.4) is 0 Å². The summed E-state index contributed by atoms with van der Waals surface area (Å²) in [6.45, 7) is 15.8. The largest absolute Gasteiger partial charge is 0.310 e. The molecule has 0 radical (unpaired) electrons. The lowest BCUT2D eigenvalue weighted by atomic mass is 10.1. The molecular weight excluding hydrogens is 272 g/mol. The molecule has 1 rings (SSSR count). The van der Waals surface area contributed by atoms with Crippen LogP contribution in [0.1, 0.15) is 34.6 Å². The highest BCUT2D eigenvalue weighted by Gasteiger charge is 2.11. The summed E-state index contributed by atoms with van der Waals surface area (Å²) in [5.74, 6) is 1.02. The van der Waals surface area contributed by atoms with Crippen LogP contribution in [0.2, 0.25) is 0 Å². The molecule has 0 spiro atoms. The lowest BCUT2D eigenvalue weighted by Crippen LogP contribution is -2.38. The Hall–Kier alpha value is -0.660. The summed E-state index contributed by atoms with van der Waals surface area (Å²) in [6, 6.07) is 0. The van der Waals surface area contributed by atoms with Crippen LogP contribution in [0.5, 0.6) is 0 Å². The molecule has 0 aliphatic heterocycles. The van der Waals surface area contributed by atoms with Gasteiger partial charge in [0, 0.05) is 24.4 Å². The van der Waals surface area contributed by atoms with Crippen molar-refractivity contribution in [3.63, 3.8) is 0 Å². The number of rotatable bonds is 9. The van der Waals surface area contributed by atoms with Gasteiger partial charge in [-0.2, -0.15) is 0 Å². The summed E-state index contributed by atoms with van der Waals surface area (Å²) in [5, 5.41) is 16.3. The Labute approximate surface area is 126 Å². The van der Waals surface area contributed by atoms with E-state index in [1.165, 1.54) is 0 Å². The fraction of sp³-hybridized carbons (Fsp3) is 0.923. The lowest BCUT2D eigenvalue weighted by Gasteiger charge is -2.20. The number of tetrazole rings is 1. The summed E-state index contributed by atoms with van der Waals surface area (Å²) in [7, 11) is 0. The first kappa shape index (κ1) is 17.4. The number of nitrogens with zero attached hydrogens (tertiary/aromatic N) is 5. The van der Waals surface area contributed by atoms with E-state index in [1.54, 1.807) is 11.8 Å². The van der Waals surface area contributed by atoms with E-state index in [2.05, 4.69) is 60.4 Å². The number of hydrogen-bond acceptors (Lipinski definition) is 6. The topological polar surface area (TPSA) is 58.9 Å². The van der Waals surface area contributed by atoms with Gasteiger partial charge < -0.3 is 10.2 Å². The first-order valence-electron chi connectivity index (χ1n) is 7.32. The van der Waals surface area contributed by atoms with E-state index >= 15 is 0 Å². The second kappa shape index (κ2) is 8.59. The fourth-order valence-corrected chi connectivity index (χ4v) is 2.69. The second-order valence-corrected chi connectivity index (χ2v) is 6.80. The van der Waals surface area contributed by atoms with Crippen molar-refractivity contribution < 1.29 is 0 Å². The second-order valence-electron chi connectivity index (χ2n) is 5.74. The monoisotopic (exact) mass is 300 g/mol. The zero-order chi connectivity index (χ0) is 15.0. The van der Waals surface area contributed by atoms with Crippen LogP contribution in [0.15, 0.2) is 5.16 Å². The highest BCUT2D eigenvalue weighted by Crippen LogP contribution is 2.13. The Kier molecular flexibility index (Phi) is 7.47. The maximum atomic E-state index is 4.10. The third kappa shape index (κ3) is 6.67. The van der Waals surface area contributed by atoms with Gasteiger partial charge in [-0.1, -0.05) is 25.6 Å². The molecule has 1 N–H and O–H groups in total. The van der Waals surface area contributed by atoms with E-state index in [-0.39, 0.29) is 5.54 Å². The molecule has 1 aromatic rings. The smallest absolute Gasteiger partial charge is 0.209 e. The Morgan fingerprint density at radius 2 is 1.95 bits per heavy atom. The van der Waals surface area contributed by atoms with Crippen LogP contribution in [-0.2, 0) is 6.54 Å². The lowest BCUT2D eigenvalue weighted by molar-refractivity contribution is 0.323. The van der Waals surface area contributed by atoms with Gasteiger partial charge in [-0.3, -0.25) is 0 Å². The average Bonchev–Trinajstić information content (AvgIpc) is 2.81. The average molecular weight is 300 g/mol. The highest BCUT2D eigenvalue weighted by atomic mass is 32.2. The molecule has 0 bridgehead atoms. The Morgan fingerprint density at radius 1 is 1.25 bits per heavy atom. The SMILES string of the molecule is CCN(CC)CCSc1nnnn1CCNC(C)(C)C. The summed E-state index contributed by atoms with van der Waals surface area (Å²) in [6.07, 6.45) is 0. The third-order valence-corrected chi connectivity index (χ3v) is 3.95. The van der Waals surface area contributed by atoms with Crippen molar-refractivity contribution in [1.82, 2.24) is 30.4 Å². The predicted octanol–water partition coefficient (Wildman–Crippen LogP) is 1.50. The first-order chi connectivity index (χ1) is 9.46. The molecule has 1 heterocycles. The van der Waals surface area contributed by atoms with E-state index in [0.717, 1.165) is 43.6 Å². The van der Waals surface area contributed by atoms with Crippen molar-refractivity contribution in [3.8, 4) is 0 Å².